The molecule has 0 radical (unpaired) electrons. The van der Waals surface area contributed by atoms with E-state index in [0.29, 0.717) is 44.0 Å². The number of amides is 1. The number of rotatable bonds is 10. The van der Waals surface area contributed by atoms with Gasteiger partial charge in [0.15, 0.2) is 0 Å². The van der Waals surface area contributed by atoms with Gasteiger partial charge in [-0.25, -0.2) is 0 Å². The monoisotopic (exact) mass is 683 g/mol. The first kappa shape index (κ1) is 35.4. The van der Waals surface area contributed by atoms with Crippen LogP contribution in [0.25, 0.3) is 0 Å². The second kappa shape index (κ2) is 16.0. The molecule has 9 nitrogen and oxygen atoms in total. The molecule has 254 valence electrons. The van der Waals surface area contributed by atoms with Crippen molar-refractivity contribution in [2.24, 2.45) is 0 Å². The summed E-state index contributed by atoms with van der Waals surface area (Å²) in [6.45, 7) is 7.73. The normalized spacial score (nSPS) is 23.0. The van der Waals surface area contributed by atoms with Gasteiger partial charge in [0, 0.05) is 69.8 Å². The van der Waals surface area contributed by atoms with Crippen molar-refractivity contribution in [3.63, 3.8) is 0 Å². The molecule has 1 amide bonds. The van der Waals surface area contributed by atoms with E-state index in [2.05, 4.69) is 75.4 Å². The maximum absolute atomic E-state index is 13.5. The minimum atomic E-state index is -0.298. The summed E-state index contributed by atoms with van der Waals surface area (Å²) in [7, 11) is 1.69. The molecule has 3 aliphatic heterocycles. The van der Waals surface area contributed by atoms with Gasteiger partial charge in [-0.05, 0) is 43.7 Å². The van der Waals surface area contributed by atoms with Crippen molar-refractivity contribution < 1.29 is 19.0 Å². The quantitative estimate of drug-likeness (QED) is 0.285. The zero-order valence-electron chi connectivity index (χ0n) is 27.3. The Balaban J connectivity index is 0.00000217. The summed E-state index contributed by atoms with van der Waals surface area (Å²) in [6.07, 6.45) is 3.70. The number of halogens is 2. The molecule has 7 rings (SSSR count). The van der Waals surface area contributed by atoms with E-state index in [1.807, 2.05) is 6.92 Å². The molecular weight excluding hydrogens is 637 g/mol. The van der Waals surface area contributed by atoms with E-state index in [1.165, 1.54) is 11.1 Å². The topological polar surface area (TPSA) is 80.3 Å². The Morgan fingerprint density at radius 1 is 0.915 bits per heavy atom. The molecule has 3 aromatic rings. The van der Waals surface area contributed by atoms with Gasteiger partial charge in [-0.3, -0.25) is 14.6 Å². The Morgan fingerprint density at radius 2 is 1.60 bits per heavy atom. The zero-order valence-corrected chi connectivity index (χ0v) is 29.0. The van der Waals surface area contributed by atoms with Gasteiger partial charge in [-0.15, -0.1) is 24.8 Å². The van der Waals surface area contributed by atoms with Gasteiger partial charge in [0.05, 0.1) is 19.3 Å². The Kier molecular flexibility index (Phi) is 12.0. The van der Waals surface area contributed by atoms with Crippen LogP contribution in [0.2, 0.25) is 0 Å². The van der Waals surface area contributed by atoms with Gasteiger partial charge in [-0.1, -0.05) is 60.7 Å². The van der Waals surface area contributed by atoms with E-state index >= 15 is 0 Å². The van der Waals surface area contributed by atoms with Gasteiger partial charge in [-0.2, -0.15) is 9.97 Å². The summed E-state index contributed by atoms with van der Waals surface area (Å²) in [5.41, 5.74) is 3.50. The summed E-state index contributed by atoms with van der Waals surface area (Å²) in [6, 6.07) is 22.1. The van der Waals surface area contributed by atoms with E-state index in [-0.39, 0.29) is 54.8 Å². The highest BCUT2D eigenvalue weighted by atomic mass is 35.5. The van der Waals surface area contributed by atoms with Crippen LogP contribution in [-0.2, 0) is 16.1 Å². The molecule has 2 aromatic carbocycles. The van der Waals surface area contributed by atoms with Gasteiger partial charge in [0.2, 0.25) is 11.8 Å². The van der Waals surface area contributed by atoms with Crippen LogP contribution in [-0.4, -0.2) is 102 Å². The first-order valence-electron chi connectivity index (χ1n) is 16.7. The molecular formula is C36H47Cl2N5O4. The van der Waals surface area contributed by atoms with Crippen molar-refractivity contribution in [1.29, 1.82) is 0 Å². The maximum atomic E-state index is 13.5. The van der Waals surface area contributed by atoms with Crippen molar-refractivity contribution >= 4 is 30.7 Å². The third-order valence-corrected chi connectivity index (χ3v) is 9.83. The number of hydrogen-bond acceptors (Lipinski definition) is 8. The lowest BCUT2D eigenvalue weighted by Crippen LogP contribution is -2.67. The molecule has 4 fully saturated rings. The van der Waals surface area contributed by atoms with Crippen LogP contribution in [0.4, 0.5) is 0 Å². The zero-order chi connectivity index (χ0) is 30.8. The molecule has 4 aliphatic rings. The molecule has 3 saturated heterocycles. The average Bonchev–Trinajstić information content (AvgIpc) is 3.79. The van der Waals surface area contributed by atoms with E-state index < -0.39 is 0 Å². The number of carbonyl (C=O) groups excluding carboxylic acids is 1. The van der Waals surface area contributed by atoms with E-state index in [4.69, 9.17) is 24.2 Å². The number of fused-ring (bicyclic) bond motifs is 1. The van der Waals surface area contributed by atoms with Crippen molar-refractivity contribution in [3.05, 3.63) is 83.2 Å². The Morgan fingerprint density at radius 3 is 2.19 bits per heavy atom. The molecule has 0 spiro atoms. The second-order valence-electron chi connectivity index (χ2n) is 12.8. The SMILES string of the molecule is CCOc1nc(C2CC2)nc(OC)c1CN1CC2CN(C(=O)C3CCCO3)CCN2C(C(c2ccccc2)c2ccccc2)C1.Cl.Cl. The Hall–Kier alpha value is -2.95. The standard InChI is InChI=1S/C36H45N5O4.2ClH/c1-3-44-35-29(34(43-2)37-33(38-35)27-16-17-27)23-39-21-28-22-40(36(42)31-15-10-20-45-31)18-19-41(28)30(24-39)32(25-11-6-4-7-12-25)26-13-8-5-9-14-26;;/h4-9,11-14,27-28,30-32H,3,10,15-24H2,1-2H3;2*1H. The fourth-order valence-corrected chi connectivity index (χ4v) is 7.54. The fourth-order valence-electron chi connectivity index (χ4n) is 7.54. The maximum Gasteiger partial charge on any atom is 0.251 e. The molecule has 1 aliphatic carbocycles. The number of methoxy groups -OCH3 is 1. The van der Waals surface area contributed by atoms with Crippen molar-refractivity contribution in [2.45, 2.75) is 69.2 Å². The minimum absolute atomic E-state index is 0. The highest BCUT2D eigenvalue weighted by Gasteiger charge is 2.44. The van der Waals surface area contributed by atoms with Crippen LogP contribution < -0.4 is 9.47 Å². The van der Waals surface area contributed by atoms with Crippen molar-refractivity contribution in [1.82, 2.24) is 24.7 Å². The number of carbonyl (C=O) groups is 1. The van der Waals surface area contributed by atoms with Gasteiger partial charge >= 0.3 is 0 Å². The fraction of sp³-hybridized carbons (Fsp3) is 0.528. The lowest BCUT2D eigenvalue weighted by molar-refractivity contribution is -0.146. The van der Waals surface area contributed by atoms with Crippen LogP contribution in [0.1, 0.15) is 67.0 Å². The Labute approximate surface area is 290 Å². The summed E-state index contributed by atoms with van der Waals surface area (Å²) in [5.74, 6) is 2.77. The van der Waals surface area contributed by atoms with E-state index in [1.54, 1.807) is 7.11 Å². The van der Waals surface area contributed by atoms with Gasteiger partial charge < -0.3 is 19.1 Å². The number of ether oxygens (including phenoxy) is 3. The average molecular weight is 685 g/mol. The van der Waals surface area contributed by atoms with Crippen molar-refractivity contribution in [2.75, 3.05) is 53.0 Å². The van der Waals surface area contributed by atoms with Crippen LogP contribution in [0.3, 0.4) is 0 Å². The van der Waals surface area contributed by atoms with Crippen molar-refractivity contribution in [3.8, 4) is 11.8 Å². The third kappa shape index (κ3) is 7.70. The lowest BCUT2D eigenvalue weighted by Gasteiger charge is -2.53. The molecule has 0 N–H and O–H groups in total. The van der Waals surface area contributed by atoms with Gasteiger partial charge in [0.1, 0.15) is 11.9 Å². The largest absolute Gasteiger partial charge is 0.481 e. The predicted molar refractivity (Wildman–Crippen MR) is 186 cm³/mol. The first-order chi connectivity index (χ1) is 22.1. The summed E-state index contributed by atoms with van der Waals surface area (Å²) < 4.78 is 17.8. The highest BCUT2D eigenvalue weighted by molar-refractivity contribution is 5.85. The van der Waals surface area contributed by atoms with Crippen LogP contribution >= 0.6 is 24.8 Å². The third-order valence-electron chi connectivity index (χ3n) is 9.83. The molecule has 11 heteroatoms. The molecule has 47 heavy (non-hydrogen) atoms. The number of piperazine rings is 2. The molecule has 1 aromatic heterocycles. The van der Waals surface area contributed by atoms with Gasteiger partial charge in [0.25, 0.3) is 5.91 Å². The van der Waals surface area contributed by atoms with E-state index in [0.717, 1.165) is 63.3 Å². The highest BCUT2D eigenvalue weighted by Crippen LogP contribution is 2.41. The molecule has 1 saturated carbocycles. The Bertz CT molecular complexity index is 1420. The van der Waals surface area contributed by atoms with E-state index in [9.17, 15) is 4.79 Å². The minimum Gasteiger partial charge on any atom is -0.481 e. The van der Waals surface area contributed by atoms with Crippen LogP contribution in [0, 0.1) is 0 Å². The summed E-state index contributed by atoms with van der Waals surface area (Å²) in [4.78, 5) is 30.5. The molecule has 3 atom stereocenters. The van der Waals surface area contributed by atoms with Crippen LogP contribution in [0.15, 0.2) is 60.7 Å². The number of aromatic nitrogens is 2. The lowest BCUT2D eigenvalue weighted by atomic mass is 9.81. The molecule has 0 bridgehead atoms. The predicted octanol–water partition coefficient (Wildman–Crippen LogP) is 5.31. The summed E-state index contributed by atoms with van der Waals surface area (Å²) >= 11 is 0. The smallest absolute Gasteiger partial charge is 0.251 e. The molecule has 3 unspecified atom stereocenters. The number of nitrogens with zero attached hydrogens (tertiary/aromatic N) is 5. The second-order valence-corrected chi connectivity index (χ2v) is 12.8. The number of benzene rings is 2. The number of hydrogen-bond donors (Lipinski definition) is 0. The first-order valence-corrected chi connectivity index (χ1v) is 16.7. The molecule has 4 heterocycles. The van der Waals surface area contributed by atoms with Crippen LogP contribution in [0.5, 0.6) is 11.8 Å². The summed E-state index contributed by atoms with van der Waals surface area (Å²) in [5, 5.41) is 0.